The van der Waals surface area contributed by atoms with Crippen LogP contribution >= 0.6 is 0 Å². The molecule has 66 valence electrons. The number of hydrogen-bond donors (Lipinski definition) is 1. The molecule has 1 rings (SSSR count). The van der Waals surface area contributed by atoms with E-state index in [9.17, 15) is 8.42 Å². The van der Waals surface area contributed by atoms with Crippen molar-refractivity contribution in [3.8, 4) is 5.75 Å². The Kier molecular flexibility index (Phi) is 2.38. The molecule has 0 atom stereocenters. The fourth-order valence-electron chi connectivity index (χ4n) is 0.895. The third-order valence-electron chi connectivity index (χ3n) is 1.37. The number of rotatable bonds is 2. The molecule has 3 nitrogen and oxygen atoms in total. The molecule has 0 amide bonds. The predicted molar refractivity (Wildman–Crippen MR) is 46.7 cm³/mol. The summed E-state index contributed by atoms with van der Waals surface area (Å²) in [4.78, 5) is 0. The number of aromatic hydroxyl groups is 1. The maximum Gasteiger partial charge on any atom is 0.151 e. The van der Waals surface area contributed by atoms with Gasteiger partial charge in [0.15, 0.2) is 9.84 Å². The number of phenolic OH excluding ortho intramolecular Hbond substituents is 1. The van der Waals surface area contributed by atoms with Gasteiger partial charge in [0.25, 0.3) is 0 Å². The molecule has 1 N–H and O–H groups in total. The van der Waals surface area contributed by atoms with Gasteiger partial charge >= 0.3 is 0 Å². The summed E-state index contributed by atoms with van der Waals surface area (Å²) in [5.41, 5.74) is 0.690. The quantitative estimate of drug-likeness (QED) is 0.747. The largest absolute Gasteiger partial charge is 0.508 e. The van der Waals surface area contributed by atoms with Gasteiger partial charge in [-0.05, 0) is 17.7 Å². The Bertz CT molecular complexity index is 350. The number of sulfone groups is 1. The summed E-state index contributed by atoms with van der Waals surface area (Å²) in [6, 6.07) is 6.13. The molecular weight excluding hydrogens is 176 g/mol. The van der Waals surface area contributed by atoms with Gasteiger partial charge in [0.2, 0.25) is 0 Å². The van der Waals surface area contributed by atoms with Crippen LogP contribution in [0.5, 0.6) is 5.75 Å². The summed E-state index contributed by atoms with van der Waals surface area (Å²) in [5, 5.41) is 8.91. The zero-order valence-corrected chi connectivity index (χ0v) is 7.50. The van der Waals surface area contributed by atoms with Gasteiger partial charge in [-0.3, -0.25) is 0 Å². The first-order valence-corrected chi connectivity index (χ1v) is 5.49. The summed E-state index contributed by atoms with van der Waals surface area (Å²) in [5.74, 6) is 0.167. The number of phenols is 1. The molecular formula is C8H10O3S. The van der Waals surface area contributed by atoms with Gasteiger partial charge in [-0.15, -0.1) is 0 Å². The molecule has 0 radical (unpaired) electrons. The number of hydrogen-bond acceptors (Lipinski definition) is 3. The van der Waals surface area contributed by atoms with Crippen molar-refractivity contribution in [2.45, 2.75) is 5.75 Å². The molecule has 1 aromatic rings. The van der Waals surface area contributed by atoms with Gasteiger partial charge in [0, 0.05) is 6.26 Å². The fourth-order valence-corrected chi connectivity index (χ4v) is 1.69. The second-order valence-corrected chi connectivity index (χ2v) is 4.88. The van der Waals surface area contributed by atoms with Crippen molar-refractivity contribution in [3.05, 3.63) is 29.8 Å². The Morgan fingerprint density at radius 3 is 2.17 bits per heavy atom. The monoisotopic (exact) mass is 186 g/mol. The molecule has 0 aliphatic rings. The van der Waals surface area contributed by atoms with Gasteiger partial charge in [0.05, 0.1) is 5.75 Å². The lowest BCUT2D eigenvalue weighted by atomic mass is 10.2. The van der Waals surface area contributed by atoms with Crippen molar-refractivity contribution in [2.24, 2.45) is 0 Å². The van der Waals surface area contributed by atoms with Gasteiger partial charge in [-0.25, -0.2) is 8.42 Å². The van der Waals surface area contributed by atoms with Gasteiger partial charge in [0.1, 0.15) is 5.75 Å². The van der Waals surface area contributed by atoms with E-state index in [0.29, 0.717) is 5.56 Å². The Labute approximate surface area is 71.6 Å². The standard InChI is InChI=1S/C8H10O3S/c1-12(10,11)6-7-2-4-8(9)5-3-7/h2-5,9H,6H2,1H3. The van der Waals surface area contributed by atoms with E-state index in [1.807, 2.05) is 0 Å². The second-order valence-electron chi connectivity index (χ2n) is 2.74. The first-order chi connectivity index (χ1) is 5.47. The lowest BCUT2D eigenvalue weighted by Gasteiger charge is -1.98. The molecule has 1 aromatic carbocycles. The van der Waals surface area contributed by atoms with Crippen molar-refractivity contribution in [3.63, 3.8) is 0 Å². The predicted octanol–water partition coefficient (Wildman–Crippen LogP) is 0.937. The van der Waals surface area contributed by atoms with Crippen molar-refractivity contribution < 1.29 is 13.5 Å². The van der Waals surface area contributed by atoms with E-state index in [0.717, 1.165) is 0 Å². The smallest absolute Gasteiger partial charge is 0.151 e. The third kappa shape index (κ3) is 2.92. The molecule has 0 saturated heterocycles. The van der Waals surface area contributed by atoms with Crippen LogP contribution in [-0.4, -0.2) is 19.8 Å². The Morgan fingerprint density at radius 1 is 1.25 bits per heavy atom. The van der Waals surface area contributed by atoms with Crippen LogP contribution in [-0.2, 0) is 15.6 Å². The normalized spacial score (nSPS) is 11.4. The molecule has 0 unspecified atom stereocenters. The van der Waals surface area contributed by atoms with E-state index in [2.05, 4.69) is 0 Å². The second kappa shape index (κ2) is 3.15. The van der Waals surface area contributed by atoms with E-state index in [1.165, 1.54) is 18.4 Å². The highest BCUT2D eigenvalue weighted by Crippen LogP contribution is 2.11. The SMILES string of the molecule is CS(=O)(=O)Cc1ccc(O)cc1. The van der Waals surface area contributed by atoms with Crippen LogP contribution < -0.4 is 0 Å². The Balaban J connectivity index is 2.85. The lowest BCUT2D eigenvalue weighted by Crippen LogP contribution is -1.99. The van der Waals surface area contributed by atoms with Crippen molar-refractivity contribution in [1.82, 2.24) is 0 Å². The highest BCUT2D eigenvalue weighted by molar-refractivity contribution is 7.89. The molecule has 0 aromatic heterocycles. The number of benzene rings is 1. The van der Waals surface area contributed by atoms with Crippen LogP contribution in [0.2, 0.25) is 0 Å². The summed E-state index contributed by atoms with van der Waals surface area (Å²) in [6.45, 7) is 0. The minimum Gasteiger partial charge on any atom is -0.508 e. The molecule has 12 heavy (non-hydrogen) atoms. The molecule has 0 bridgehead atoms. The molecule has 0 spiro atoms. The maximum atomic E-state index is 10.8. The molecule has 0 heterocycles. The average Bonchev–Trinajstić information content (AvgIpc) is 1.91. The van der Waals surface area contributed by atoms with Crippen LogP contribution in [0, 0.1) is 0 Å². The molecule has 4 heteroatoms. The fraction of sp³-hybridized carbons (Fsp3) is 0.250. The molecule has 0 saturated carbocycles. The van der Waals surface area contributed by atoms with Crippen LogP contribution in [0.4, 0.5) is 0 Å². The topological polar surface area (TPSA) is 54.4 Å². The van der Waals surface area contributed by atoms with Gasteiger partial charge in [-0.1, -0.05) is 12.1 Å². The molecule has 0 aliphatic heterocycles. The minimum atomic E-state index is -2.97. The Morgan fingerprint density at radius 2 is 1.75 bits per heavy atom. The van der Waals surface area contributed by atoms with E-state index in [1.54, 1.807) is 12.1 Å². The zero-order chi connectivity index (χ0) is 9.19. The van der Waals surface area contributed by atoms with Crippen LogP contribution in [0.1, 0.15) is 5.56 Å². The van der Waals surface area contributed by atoms with Gasteiger partial charge in [-0.2, -0.15) is 0 Å². The van der Waals surface area contributed by atoms with E-state index in [-0.39, 0.29) is 11.5 Å². The van der Waals surface area contributed by atoms with Gasteiger partial charge < -0.3 is 5.11 Å². The summed E-state index contributed by atoms with van der Waals surface area (Å²) in [7, 11) is -2.97. The first kappa shape index (κ1) is 9.06. The van der Waals surface area contributed by atoms with Crippen molar-refractivity contribution in [2.75, 3.05) is 6.26 Å². The van der Waals surface area contributed by atoms with E-state index < -0.39 is 9.84 Å². The van der Waals surface area contributed by atoms with Crippen molar-refractivity contribution >= 4 is 9.84 Å². The zero-order valence-electron chi connectivity index (χ0n) is 6.69. The average molecular weight is 186 g/mol. The van der Waals surface area contributed by atoms with Crippen molar-refractivity contribution in [1.29, 1.82) is 0 Å². The highest BCUT2D eigenvalue weighted by atomic mass is 32.2. The molecule has 0 fully saturated rings. The lowest BCUT2D eigenvalue weighted by molar-refractivity contribution is 0.475. The molecule has 0 aliphatic carbocycles. The first-order valence-electron chi connectivity index (χ1n) is 3.43. The maximum absolute atomic E-state index is 10.8. The highest BCUT2D eigenvalue weighted by Gasteiger charge is 2.03. The summed E-state index contributed by atoms with van der Waals surface area (Å²) in [6.07, 6.45) is 1.18. The van der Waals surface area contributed by atoms with E-state index in [4.69, 9.17) is 5.11 Å². The summed E-state index contributed by atoms with van der Waals surface area (Å²) < 4.78 is 21.6. The van der Waals surface area contributed by atoms with Crippen LogP contribution in [0.15, 0.2) is 24.3 Å². The van der Waals surface area contributed by atoms with E-state index >= 15 is 0 Å². The summed E-state index contributed by atoms with van der Waals surface area (Å²) >= 11 is 0. The minimum absolute atomic E-state index is 0.0211. The van der Waals surface area contributed by atoms with Crippen LogP contribution in [0.25, 0.3) is 0 Å². The Hall–Kier alpha value is -1.03. The third-order valence-corrected chi connectivity index (χ3v) is 2.22. The van der Waals surface area contributed by atoms with Crippen LogP contribution in [0.3, 0.4) is 0 Å².